The van der Waals surface area contributed by atoms with Gasteiger partial charge in [0.25, 0.3) is 0 Å². The highest BCUT2D eigenvalue weighted by Crippen LogP contribution is 2.28. The molecule has 0 fully saturated rings. The lowest BCUT2D eigenvalue weighted by Gasteiger charge is -2.22. The molecule has 0 unspecified atom stereocenters. The van der Waals surface area contributed by atoms with E-state index in [4.69, 9.17) is 4.42 Å². The first-order valence-corrected chi connectivity index (χ1v) is 9.65. The summed E-state index contributed by atoms with van der Waals surface area (Å²) >= 11 is 0. The number of amides is 1. The van der Waals surface area contributed by atoms with E-state index in [0.717, 1.165) is 16.5 Å². The molecule has 1 aromatic heterocycles. The Morgan fingerprint density at radius 2 is 1.79 bits per heavy atom. The summed E-state index contributed by atoms with van der Waals surface area (Å²) in [6.07, 6.45) is 2.11. The highest BCUT2D eigenvalue weighted by molar-refractivity contribution is 6.03. The maximum absolute atomic E-state index is 13.9. The van der Waals surface area contributed by atoms with Crippen LogP contribution in [0.25, 0.3) is 22.1 Å². The fourth-order valence-electron chi connectivity index (χ4n) is 3.48. The average molecular weight is 388 g/mol. The van der Waals surface area contributed by atoms with E-state index in [1.165, 1.54) is 12.3 Å². The third-order valence-electron chi connectivity index (χ3n) is 4.92. The molecule has 0 atom stereocenters. The number of fused-ring (bicyclic) bond motifs is 1. The predicted octanol–water partition coefficient (Wildman–Crippen LogP) is 5.62. The Morgan fingerprint density at radius 1 is 1.03 bits per heavy atom. The molecule has 0 aliphatic rings. The van der Waals surface area contributed by atoms with E-state index in [-0.39, 0.29) is 18.1 Å². The standard InChI is InChI=1S/C24H21FN2O2/c1-2-27(21-13-7-9-17-8-3-4-10-18(17)21)24(28)15-14-23-26-16-22(29-23)19-11-5-6-12-20(19)25/h3-13,16H,2,14-15H2,1H3. The Morgan fingerprint density at radius 3 is 2.62 bits per heavy atom. The number of nitrogens with zero attached hydrogens (tertiary/aromatic N) is 2. The van der Waals surface area contributed by atoms with E-state index in [2.05, 4.69) is 4.98 Å². The van der Waals surface area contributed by atoms with Crippen LogP contribution < -0.4 is 4.90 Å². The Bertz CT molecular complexity index is 1150. The summed E-state index contributed by atoms with van der Waals surface area (Å²) < 4.78 is 19.6. The van der Waals surface area contributed by atoms with Crippen molar-refractivity contribution in [2.75, 3.05) is 11.4 Å². The van der Waals surface area contributed by atoms with Gasteiger partial charge in [-0.2, -0.15) is 0 Å². The van der Waals surface area contributed by atoms with Gasteiger partial charge < -0.3 is 9.32 Å². The van der Waals surface area contributed by atoms with Crippen molar-refractivity contribution in [3.05, 3.63) is 84.6 Å². The van der Waals surface area contributed by atoms with Crippen molar-refractivity contribution in [2.45, 2.75) is 19.8 Å². The molecule has 0 aliphatic heterocycles. The lowest BCUT2D eigenvalue weighted by Crippen LogP contribution is -2.31. The molecule has 4 rings (SSSR count). The number of aromatic nitrogens is 1. The Hall–Kier alpha value is -3.47. The number of carbonyl (C=O) groups excluding carboxylic acids is 1. The highest BCUT2D eigenvalue weighted by atomic mass is 19.1. The summed E-state index contributed by atoms with van der Waals surface area (Å²) in [5.74, 6) is 0.423. The van der Waals surface area contributed by atoms with Crippen LogP contribution >= 0.6 is 0 Å². The predicted molar refractivity (Wildman–Crippen MR) is 112 cm³/mol. The molecular formula is C24H21FN2O2. The monoisotopic (exact) mass is 388 g/mol. The van der Waals surface area contributed by atoms with Crippen molar-refractivity contribution in [1.82, 2.24) is 4.98 Å². The fraction of sp³-hybridized carbons (Fsp3) is 0.167. The summed E-state index contributed by atoms with van der Waals surface area (Å²) in [4.78, 5) is 18.9. The smallest absolute Gasteiger partial charge is 0.227 e. The van der Waals surface area contributed by atoms with Gasteiger partial charge in [0.1, 0.15) is 5.82 Å². The van der Waals surface area contributed by atoms with Crippen LogP contribution in [0, 0.1) is 5.82 Å². The van der Waals surface area contributed by atoms with Crippen LogP contribution in [-0.4, -0.2) is 17.4 Å². The van der Waals surface area contributed by atoms with Gasteiger partial charge in [-0.05, 0) is 30.5 Å². The molecule has 0 spiro atoms. The van der Waals surface area contributed by atoms with Crippen LogP contribution in [0.2, 0.25) is 0 Å². The van der Waals surface area contributed by atoms with Crippen molar-refractivity contribution in [3.63, 3.8) is 0 Å². The minimum Gasteiger partial charge on any atom is -0.441 e. The summed E-state index contributed by atoms with van der Waals surface area (Å²) in [6.45, 7) is 2.53. The molecule has 4 nitrogen and oxygen atoms in total. The van der Waals surface area contributed by atoms with Gasteiger partial charge in [0.05, 0.1) is 17.4 Å². The molecule has 146 valence electrons. The highest BCUT2D eigenvalue weighted by Gasteiger charge is 2.18. The molecule has 0 aliphatic carbocycles. The maximum atomic E-state index is 13.9. The van der Waals surface area contributed by atoms with Gasteiger partial charge in [-0.25, -0.2) is 9.37 Å². The number of rotatable bonds is 6. The van der Waals surface area contributed by atoms with Crippen molar-refractivity contribution < 1.29 is 13.6 Å². The number of halogens is 1. The quantitative estimate of drug-likeness (QED) is 0.431. The van der Waals surface area contributed by atoms with E-state index in [9.17, 15) is 9.18 Å². The average Bonchev–Trinajstić information content (AvgIpc) is 3.22. The molecular weight excluding hydrogens is 367 g/mol. The van der Waals surface area contributed by atoms with Crippen molar-refractivity contribution in [2.24, 2.45) is 0 Å². The second kappa shape index (κ2) is 8.27. The number of benzene rings is 3. The molecule has 4 aromatic rings. The Balaban J connectivity index is 1.50. The SMILES string of the molecule is CCN(C(=O)CCc1ncc(-c2ccccc2F)o1)c1cccc2ccccc12. The van der Waals surface area contributed by atoms with E-state index < -0.39 is 0 Å². The maximum Gasteiger partial charge on any atom is 0.227 e. The first kappa shape index (κ1) is 18.9. The van der Waals surface area contributed by atoms with Gasteiger partial charge in [-0.3, -0.25) is 4.79 Å². The first-order valence-electron chi connectivity index (χ1n) is 9.65. The van der Waals surface area contributed by atoms with Crippen LogP contribution in [0.3, 0.4) is 0 Å². The summed E-state index contributed by atoms with van der Waals surface area (Å²) in [7, 11) is 0. The van der Waals surface area contributed by atoms with Crippen LogP contribution in [0.15, 0.2) is 77.3 Å². The number of anilines is 1. The number of oxazole rings is 1. The summed E-state index contributed by atoms with van der Waals surface area (Å²) in [5, 5.41) is 2.14. The van der Waals surface area contributed by atoms with E-state index >= 15 is 0 Å². The van der Waals surface area contributed by atoms with Gasteiger partial charge in [0.15, 0.2) is 11.7 Å². The summed E-state index contributed by atoms with van der Waals surface area (Å²) in [5.41, 5.74) is 1.26. The zero-order valence-electron chi connectivity index (χ0n) is 16.1. The number of hydrogen-bond donors (Lipinski definition) is 0. The second-order valence-electron chi connectivity index (χ2n) is 6.73. The third-order valence-corrected chi connectivity index (χ3v) is 4.92. The molecule has 3 aromatic carbocycles. The van der Waals surface area contributed by atoms with Crippen LogP contribution in [0.5, 0.6) is 0 Å². The van der Waals surface area contributed by atoms with Gasteiger partial charge >= 0.3 is 0 Å². The molecule has 5 heteroatoms. The molecule has 0 saturated heterocycles. The van der Waals surface area contributed by atoms with Crippen molar-refractivity contribution >= 4 is 22.4 Å². The molecule has 0 bridgehead atoms. The Kier molecular flexibility index (Phi) is 5.38. The van der Waals surface area contributed by atoms with Crippen molar-refractivity contribution in [3.8, 4) is 11.3 Å². The minimum absolute atomic E-state index is 0.00510. The lowest BCUT2D eigenvalue weighted by molar-refractivity contribution is -0.118. The van der Waals surface area contributed by atoms with Crippen LogP contribution in [0.4, 0.5) is 10.1 Å². The first-order chi connectivity index (χ1) is 14.2. The number of aryl methyl sites for hydroxylation is 1. The van der Waals surface area contributed by atoms with Crippen LogP contribution in [-0.2, 0) is 11.2 Å². The molecule has 0 radical (unpaired) electrons. The molecule has 1 amide bonds. The van der Waals surface area contributed by atoms with E-state index in [0.29, 0.717) is 30.2 Å². The normalized spacial score (nSPS) is 11.0. The fourth-order valence-corrected chi connectivity index (χ4v) is 3.48. The lowest BCUT2D eigenvalue weighted by atomic mass is 10.1. The second-order valence-corrected chi connectivity index (χ2v) is 6.73. The largest absolute Gasteiger partial charge is 0.441 e. The minimum atomic E-state index is -0.362. The molecule has 0 saturated carbocycles. The van der Waals surface area contributed by atoms with Gasteiger partial charge in [-0.1, -0.05) is 48.5 Å². The topological polar surface area (TPSA) is 46.3 Å². The molecule has 29 heavy (non-hydrogen) atoms. The number of hydrogen-bond acceptors (Lipinski definition) is 3. The third kappa shape index (κ3) is 3.90. The Labute approximate surface area is 168 Å². The molecule has 1 heterocycles. The molecule has 0 N–H and O–H groups in total. The van der Waals surface area contributed by atoms with Gasteiger partial charge in [0.2, 0.25) is 5.91 Å². The van der Waals surface area contributed by atoms with E-state index in [1.54, 1.807) is 23.1 Å². The van der Waals surface area contributed by atoms with E-state index in [1.807, 2.05) is 49.4 Å². The summed E-state index contributed by atoms with van der Waals surface area (Å²) in [6, 6.07) is 20.4. The zero-order valence-corrected chi connectivity index (χ0v) is 16.1. The van der Waals surface area contributed by atoms with Crippen molar-refractivity contribution in [1.29, 1.82) is 0 Å². The van der Waals surface area contributed by atoms with Gasteiger partial charge in [-0.15, -0.1) is 0 Å². The number of carbonyl (C=O) groups is 1. The van der Waals surface area contributed by atoms with Gasteiger partial charge in [0, 0.05) is 24.8 Å². The van der Waals surface area contributed by atoms with Crippen LogP contribution in [0.1, 0.15) is 19.2 Å². The zero-order chi connectivity index (χ0) is 20.2.